The largest absolute Gasteiger partial charge is 0.462 e. The van der Waals surface area contributed by atoms with E-state index in [4.69, 9.17) is 10.5 Å². The molecule has 1 heterocycles. The first-order valence-electron chi connectivity index (χ1n) is 6.10. The molecule has 0 spiro atoms. The van der Waals surface area contributed by atoms with E-state index in [1.54, 1.807) is 13.0 Å². The van der Waals surface area contributed by atoms with Crippen LogP contribution in [0.1, 0.15) is 24.2 Å². The molecule has 0 saturated carbocycles. The number of carbonyl (C=O) groups is 1. The van der Waals surface area contributed by atoms with Gasteiger partial charge in [0, 0.05) is 28.9 Å². The van der Waals surface area contributed by atoms with Gasteiger partial charge in [0.1, 0.15) is 5.82 Å². The Bertz CT molecular complexity index is 466. The van der Waals surface area contributed by atoms with Gasteiger partial charge >= 0.3 is 5.97 Å². The molecule has 0 aliphatic heterocycles. The Balaban J connectivity index is 2.68. The van der Waals surface area contributed by atoms with Gasteiger partial charge in [-0.15, -0.1) is 0 Å². The van der Waals surface area contributed by atoms with Gasteiger partial charge in [-0.3, -0.25) is 4.21 Å². The molecule has 7 heteroatoms. The summed E-state index contributed by atoms with van der Waals surface area (Å²) in [4.78, 5) is 15.7. The number of carbonyl (C=O) groups excluding carboxylic acids is 1. The summed E-state index contributed by atoms with van der Waals surface area (Å²) in [5, 5.41) is 3.01. The van der Waals surface area contributed by atoms with Gasteiger partial charge < -0.3 is 15.8 Å². The summed E-state index contributed by atoms with van der Waals surface area (Å²) in [6, 6.07) is 1.54. The second-order valence-corrected chi connectivity index (χ2v) is 5.60. The van der Waals surface area contributed by atoms with Crippen LogP contribution in [0, 0.1) is 0 Å². The molecule has 1 rings (SSSR count). The first-order chi connectivity index (χ1) is 9.08. The standard InChI is InChI=1S/C12H19N3O3S/c1-3-18-12(16)9-7-11(15-8-10(9)13)14-5-6-19(17)4-2/h7-8H,3-6,13H2,1-2H3,(H,14,15). The van der Waals surface area contributed by atoms with Crippen molar-refractivity contribution in [1.82, 2.24) is 4.98 Å². The number of nitrogens with zero attached hydrogens (tertiary/aromatic N) is 1. The molecular formula is C12H19N3O3S. The van der Waals surface area contributed by atoms with Crippen LogP contribution in [0.15, 0.2) is 12.3 Å². The summed E-state index contributed by atoms with van der Waals surface area (Å²) in [6.45, 7) is 4.42. The molecule has 1 unspecified atom stereocenters. The van der Waals surface area contributed by atoms with E-state index in [-0.39, 0.29) is 11.3 Å². The minimum absolute atomic E-state index is 0.279. The highest BCUT2D eigenvalue weighted by Gasteiger charge is 2.12. The zero-order valence-electron chi connectivity index (χ0n) is 11.1. The van der Waals surface area contributed by atoms with E-state index in [0.717, 1.165) is 0 Å². The van der Waals surface area contributed by atoms with E-state index in [9.17, 15) is 9.00 Å². The highest BCUT2D eigenvalue weighted by atomic mass is 32.2. The Kier molecular flexibility index (Phi) is 6.27. The van der Waals surface area contributed by atoms with Gasteiger partial charge in [-0.05, 0) is 13.0 Å². The fraction of sp³-hybridized carbons (Fsp3) is 0.500. The van der Waals surface area contributed by atoms with E-state index in [2.05, 4.69) is 10.3 Å². The molecule has 1 aromatic rings. The van der Waals surface area contributed by atoms with Crippen LogP contribution >= 0.6 is 0 Å². The first kappa shape index (κ1) is 15.4. The number of ether oxygens (including phenoxy) is 1. The highest BCUT2D eigenvalue weighted by Crippen LogP contribution is 2.15. The predicted octanol–water partition coefficient (Wildman–Crippen LogP) is 1.02. The van der Waals surface area contributed by atoms with E-state index in [1.165, 1.54) is 6.20 Å². The van der Waals surface area contributed by atoms with Crippen LogP contribution in [-0.4, -0.2) is 39.8 Å². The van der Waals surface area contributed by atoms with Gasteiger partial charge in [0.15, 0.2) is 0 Å². The Hall–Kier alpha value is -1.63. The van der Waals surface area contributed by atoms with Crippen molar-refractivity contribution < 1.29 is 13.7 Å². The molecule has 0 aliphatic rings. The molecule has 106 valence electrons. The highest BCUT2D eigenvalue weighted by molar-refractivity contribution is 7.84. The number of nitrogen functional groups attached to an aromatic ring is 1. The number of anilines is 2. The van der Waals surface area contributed by atoms with Gasteiger partial charge in [0.2, 0.25) is 0 Å². The number of nitrogens with two attached hydrogens (primary N) is 1. The summed E-state index contributed by atoms with van der Waals surface area (Å²) in [6.07, 6.45) is 1.41. The van der Waals surface area contributed by atoms with Crippen molar-refractivity contribution >= 4 is 28.3 Å². The van der Waals surface area contributed by atoms with Crippen molar-refractivity contribution in [2.45, 2.75) is 13.8 Å². The third kappa shape index (κ3) is 4.86. The van der Waals surface area contributed by atoms with Crippen LogP contribution in [0.2, 0.25) is 0 Å². The van der Waals surface area contributed by atoms with E-state index >= 15 is 0 Å². The first-order valence-corrected chi connectivity index (χ1v) is 7.58. The maximum absolute atomic E-state index is 11.6. The molecular weight excluding hydrogens is 266 g/mol. The lowest BCUT2D eigenvalue weighted by Crippen LogP contribution is -2.14. The maximum Gasteiger partial charge on any atom is 0.340 e. The third-order valence-corrected chi connectivity index (χ3v) is 3.69. The van der Waals surface area contributed by atoms with Gasteiger partial charge in [-0.25, -0.2) is 9.78 Å². The topological polar surface area (TPSA) is 94.3 Å². The molecule has 0 fully saturated rings. The molecule has 0 aromatic carbocycles. The monoisotopic (exact) mass is 285 g/mol. The molecule has 0 radical (unpaired) electrons. The molecule has 3 N–H and O–H groups in total. The average molecular weight is 285 g/mol. The summed E-state index contributed by atoms with van der Waals surface area (Å²) in [5.41, 5.74) is 6.25. The van der Waals surface area contributed by atoms with Gasteiger partial charge in [0.25, 0.3) is 0 Å². The predicted molar refractivity (Wildman–Crippen MR) is 76.6 cm³/mol. The third-order valence-electron chi connectivity index (χ3n) is 2.39. The molecule has 19 heavy (non-hydrogen) atoms. The summed E-state index contributed by atoms with van der Waals surface area (Å²) < 4.78 is 16.2. The Labute approximate surface area is 115 Å². The van der Waals surface area contributed by atoms with Crippen LogP contribution in [0.3, 0.4) is 0 Å². The Morgan fingerprint density at radius 3 is 2.89 bits per heavy atom. The number of esters is 1. The molecule has 1 atom stereocenters. The fourth-order valence-electron chi connectivity index (χ4n) is 1.39. The summed E-state index contributed by atoms with van der Waals surface area (Å²) in [7, 11) is -0.829. The van der Waals surface area contributed by atoms with Crippen LogP contribution < -0.4 is 11.1 Å². The minimum atomic E-state index is -0.829. The molecule has 6 nitrogen and oxygen atoms in total. The van der Waals surface area contributed by atoms with Crippen LogP contribution in [0.5, 0.6) is 0 Å². The Morgan fingerprint density at radius 2 is 2.26 bits per heavy atom. The number of rotatable bonds is 7. The minimum Gasteiger partial charge on any atom is -0.462 e. The van der Waals surface area contributed by atoms with Crippen molar-refractivity contribution in [3.8, 4) is 0 Å². The zero-order chi connectivity index (χ0) is 14.3. The summed E-state index contributed by atoms with van der Waals surface area (Å²) >= 11 is 0. The molecule has 0 aliphatic carbocycles. The van der Waals surface area contributed by atoms with Crippen LogP contribution in [0.4, 0.5) is 11.5 Å². The second kappa shape index (κ2) is 7.73. The van der Waals surface area contributed by atoms with Crippen LogP contribution in [-0.2, 0) is 15.5 Å². The smallest absolute Gasteiger partial charge is 0.340 e. The van der Waals surface area contributed by atoms with Crippen molar-refractivity contribution in [2.24, 2.45) is 0 Å². The van der Waals surface area contributed by atoms with E-state index in [1.807, 2.05) is 6.92 Å². The number of nitrogens with one attached hydrogen (secondary N) is 1. The zero-order valence-corrected chi connectivity index (χ0v) is 12.0. The summed E-state index contributed by atoms with van der Waals surface area (Å²) in [5.74, 6) is 1.22. The molecule has 1 aromatic heterocycles. The van der Waals surface area contributed by atoms with E-state index < -0.39 is 16.8 Å². The number of hydrogen-bond acceptors (Lipinski definition) is 6. The van der Waals surface area contributed by atoms with Gasteiger partial charge in [-0.1, -0.05) is 6.92 Å². The fourth-order valence-corrected chi connectivity index (χ4v) is 2.00. The molecule has 0 amide bonds. The lowest BCUT2D eigenvalue weighted by atomic mass is 10.2. The SMILES string of the molecule is CCOC(=O)c1cc(NCCS(=O)CC)ncc1N. The van der Waals surface area contributed by atoms with Crippen molar-refractivity contribution in [1.29, 1.82) is 0 Å². The van der Waals surface area contributed by atoms with Crippen molar-refractivity contribution in [3.05, 3.63) is 17.8 Å². The lowest BCUT2D eigenvalue weighted by Gasteiger charge is -2.09. The molecule has 0 bridgehead atoms. The molecule has 0 saturated heterocycles. The maximum atomic E-state index is 11.6. The lowest BCUT2D eigenvalue weighted by molar-refractivity contribution is 0.0527. The Morgan fingerprint density at radius 1 is 1.53 bits per heavy atom. The number of aromatic nitrogens is 1. The number of pyridine rings is 1. The quantitative estimate of drug-likeness (QED) is 0.726. The van der Waals surface area contributed by atoms with Crippen molar-refractivity contribution in [3.63, 3.8) is 0 Å². The van der Waals surface area contributed by atoms with Crippen molar-refractivity contribution in [2.75, 3.05) is 35.7 Å². The second-order valence-electron chi connectivity index (χ2n) is 3.74. The number of hydrogen-bond donors (Lipinski definition) is 2. The van der Waals surface area contributed by atoms with E-state index in [0.29, 0.717) is 30.5 Å². The van der Waals surface area contributed by atoms with Gasteiger partial charge in [-0.2, -0.15) is 0 Å². The van der Waals surface area contributed by atoms with Crippen LogP contribution in [0.25, 0.3) is 0 Å². The normalized spacial score (nSPS) is 11.9. The average Bonchev–Trinajstić information content (AvgIpc) is 2.40. The van der Waals surface area contributed by atoms with Gasteiger partial charge in [0.05, 0.1) is 24.1 Å².